The lowest BCUT2D eigenvalue weighted by Gasteiger charge is -2.33. The van der Waals surface area contributed by atoms with E-state index in [4.69, 9.17) is 14.6 Å². The molecule has 0 aromatic heterocycles. The number of likely N-dealkylation sites (tertiary alicyclic amines) is 1. The number of carboxylic acids is 1. The van der Waals surface area contributed by atoms with Crippen molar-refractivity contribution in [3.05, 3.63) is 0 Å². The number of rotatable bonds is 26. The largest absolute Gasteiger partial charge is 0.481 e. The Morgan fingerprint density at radius 2 is 1.15 bits per heavy atom. The molecular formula is C45H75N7O14. The Morgan fingerprint density at radius 1 is 0.652 bits per heavy atom. The molecule has 21 heteroatoms. The molecule has 0 aromatic rings. The van der Waals surface area contributed by atoms with Gasteiger partial charge < -0.3 is 51.4 Å². The summed E-state index contributed by atoms with van der Waals surface area (Å²) in [6, 6.07) is -7.47. The lowest BCUT2D eigenvalue weighted by atomic mass is 9.98. The number of carbonyl (C=O) groups excluding carboxylic acids is 10. The van der Waals surface area contributed by atoms with Crippen molar-refractivity contribution in [2.24, 2.45) is 11.8 Å². The third-order valence-corrected chi connectivity index (χ3v) is 10.0. The fourth-order valence-electron chi connectivity index (χ4n) is 6.90. The Morgan fingerprint density at radius 3 is 1.62 bits per heavy atom. The minimum atomic E-state index is -1.45. The summed E-state index contributed by atoms with van der Waals surface area (Å²) in [5.74, 6) is -9.71. The van der Waals surface area contributed by atoms with Gasteiger partial charge in [-0.15, -0.1) is 0 Å². The van der Waals surface area contributed by atoms with Crippen molar-refractivity contribution in [3.8, 4) is 0 Å². The van der Waals surface area contributed by atoms with Crippen LogP contribution in [0.5, 0.6) is 0 Å². The van der Waals surface area contributed by atoms with Gasteiger partial charge in [-0.05, 0) is 91.9 Å². The number of hydrogen-bond acceptors (Lipinski definition) is 13. The molecule has 21 nitrogen and oxygen atoms in total. The molecule has 374 valence electrons. The Bertz CT molecular complexity index is 1750. The summed E-state index contributed by atoms with van der Waals surface area (Å²) in [5.41, 5.74) is -1.67. The Labute approximate surface area is 388 Å². The van der Waals surface area contributed by atoms with E-state index in [1.165, 1.54) is 11.8 Å². The molecule has 0 aromatic carbocycles. The van der Waals surface area contributed by atoms with E-state index in [-0.39, 0.29) is 64.5 Å². The number of ketones is 1. The second-order valence-corrected chi connectivity index (χ2v) is 19.2. The summed E-state index contributed by atoms with van der Waals surface area (Å²) < 4.78 is 10.7. The number of hydrogen-bond donors (Lipinski definition) is 7. The van der Waals surface area contributed by atoms with E-state index >= 15 is 0 Å². The first-order valence-electron chi connectivity index (χ1n) is 22.7. The zero-order valence-electron chi connectivity index (χ0n) is 40.8. The number of Topliss-reactive ketones (excluding diaryl/α,β-unsaturated/α-hetero) is 1. The van der Waals surface area contributed by atoms with Crippen LogP contribution in [0.2, 0.25) is 0 Å². The fourth-order valence-corrected chi connectivity index (χ4v) is 6.90. The second kappa shape index (κ2) is 27.1. The molecule has 0 aliphatic carbocycles. The first-order valence-corrected chi connectivity index (χ1v) is 22.7. The normalized spacial score (nSPS) is 16.2. The molecule has 0 radical (unpaired) electrons. The molecule has 1 rings (SSSR count). The topological polar surface area (TPSA) is 302 Å². The lowest BCUT2D eigenvalue weighted by molar-refractivity contribution is -0.156. The van der Waals surface area contributed by atoms with E-state index < -0.39 is 124 Å². The zero-order valence-corrected chi connectivity index (χ0v) is 40.8. The highest BCUT2D eigenvalue weighted by Crippen LogP contribution is 2.22. The van der Waals surface area contributed by atoms with Gasteiger partial charge >= 0.3 is 17.9 Å². The summed E-state index contributed by atoms with van der Waals surface area (Å²) >= 11 is 0. The molecule has 0 spiro atoms. The molecule has 0 saturated carbocycles. The molecule has 7 amide bonds. The van der Waals surface area contributed by atoms with Crippen molar-refractivity contribution in [1.82, 2.24) is 36.8 Å². The first kappa shape index (κ1) is 58.4. The van der Waals surface area contributed by atoms with Crippen LogP contribution in [-0.2, 0) is 62.2 Å². The van der Waals surface area contributed by atoms with Crippen LogP contribution >= 0.6 is 0 Å². The summed E-state index contributed by atoms with van der Waals surface area (Å²) in [5, 5.41) is 24.2. The third kappa shape index (κ3) is 21.6. The molecule has 7 N–H and O–H groups in total. The highest BCUT2D eigenvalue weighted by Gasteiger charge is 2.41. The second-order valence-electron chi connectivity index (χ2n) is 19.2. The van der Waals surface area contributed by atoms with Gasteiger partial charge in [-0.2, -0.15) is 0 Å². The van der Waals surface area contributed by atoms with Gasteiger partial charge in [0.2, 0.25) is 41.2 Å². The minimum absolute atomic E-state index is 0.0530. The number of nitrogens with zero attached hydrogens (tertiary/aromatic N) is 1. The summed E-state index contributed by atoms with van der Waals surface area (Å²) in [7, 11) is 0. The highest BCUT2D eigenvalue weighted by molar-refractivity contribution is 6.38. The first-order chi connectivity index (χ1) is 30.5. The maximum Gasteiger partial charge on any atom is 0.306 e. The number of aliphatic carboxylic acids is 1. The summed E-state index contributed by atoms with van der Waals surface area (Å²) in [6.07, 6.45) is 0.0352. The van der Waals surface area contributed by atoms with Crippen molar-refractivity contribution in [2.75, 3.05) is 13.1 Å². The van der Waals surface area contributed by atoms with Crippen LogP contribution in [0.4, 0.5) is 0 Å². The van der Waals surface area contributed by atoms with Gasteiger partial charge in [0.15, 0.2) is 0 Å². The molecule has 1 saturated heterocycles. The van der Waals surface area contributed by atoms with E-state index in [9.17, 15) is 52.7 Å². The average molecular weight is 938 g/mol. The fraction of sp³-hybridized carbons (Fsp3) is 0.756. The highest BCUT2D eigenvalue weighted by atomic mass is 16.6. The number of ether oxygens (including phenoxy) is 2. The van der Waals surface area contributed by atoms with Crippen molar-refractivity contribution in [3.63, 3.8) is 0 Å². The van der Waals surface area contributed by atoms with Crippen LogP contribution in [0.3, 0.4) is 0 Å². The summed E-state index contributed by atoms with van der Waals surface area (Å²) in [6.45, 7) is 19.6. The van der Waals surface area contributed by atoms with Crippen molar-refractivity contribution in [1.29, 1.82) is 0 Å². The van der Waals surface area contributed by atoms with Crippen LogP contribution in [0.25, 0.3) is 0 Å². The summed E-state index contributed by atoms with van der Waals surface area (Å²) in [4.78, 5) is 145. The van der Waals surface area contributed by atoms with Gasteiger partial charge in [-0.25, -0.2) is 0 Å². The van der Waals surface area contributed by atoms with Crippen molar-refractivity contribution < 1.29 is 67.3 Å². The molecule has 0 bridgehead atoms. The van der Waals surface area contributed by atoms with Crippen LogP contribution in [0.1, 0.15) is 147 Å². The van der Waals surface area contributed by atoms with E-state index in [2.05, 4.69) is 31.9 Å². The van der Waals surface area contributed by atoms with Gasteiger partial charge in [-0.1, -0.05) is 41.0 Å². The van der Waals surface area contributed by atoms with Crippen molar-refractivity contribution >= 4 is 65.0 Å². The predicted molar refractivity (Wildman–Crippen MR) is 240 cm³/mol. The maximum atomic E-state index is 14.2. The molecule has 1 fully saturated rings. The molecule has 1 aliphatic heterocycles. The van der Waals surface area contributed by atoms with E-state index in [0.717, 1.165) is 0 Å². The van der Waals surface area contributed by atoms with E-state index in [1.807, 2.05) is 0 Å². The van der Waals surface area contributed by atoms with Gasteiger partial charge in [0, 0.05) is 39.3 Å². The monoisotopic (exact) mass is 938 g/mol. The Hall–Kier alpha value is -5.63. The van der Waals surface area contributed by atoms with Crippen LogP contribution < -0.4 is 31.9 Å². The van der Waals surface area contributed by atoms with Gasteiger partial charge in [-0.3, -0.25) is 52.7 Å². The van der Waals surface area contributed by atoms with E-state index in [1.54, 1.807) is 76.2 Å². The average Bonchev–Trinajstić information content (AvgIpc) is 3.68. The number of esters is 2. The lowest BCUT2D eigenvalue weighted by Crippen LogP contribution is -2.61. The molecular weight excluding hydrogens is 863 g/mol. The quantitative estimate of drug-likeness (QED) is 0.0366. The van der Waals surface area contributed by atoms with Gasteiger partial charge in [0.05, 0.1) is 6.04 Å². The Kier molecular flexibility index (Phi) is 24.0. The van der Waals surface area contributed by atoms with Gasteiger partial charge in [0.25, 0.3) is 5.91 Å². The van der Waals surface area contributed by atoms with E-state index in [0.29, 0.717) is 12.8 Å². The number of amides is 7. The molecule has 6 atom stereocenters. The molecule has 6 unspecified atom stereocenters. The number of carboxylic acid groups (broad SMARTS) is 1. The SMILES string of the molecule is CCCC(NC(=O)C1CCCN1C(=O)C(NC(=O)C(NC(=O)C(CCC(=O)OC(C)(C)C)NC(=O)C(CCC(=O)OC(C)(C)C)NC(C)=O)C(C)C)C(C)C)C(=O)C(=O)NCCCC(=O)O. The van der Waals surface area contributed by atoms with Crippen molar-refractivity contribution in [2.45, 2.75) is 195 Å². The molecule has 1 aliphatic rings. The number of nitrogens with one attached hydrogen (secondary N) is 6. The zero-order chi connectivity index (χ0) is 50.7. The standard InChI is InChI=1S/C45H75N7O14/c1-13-16-28(37(58)42(63)46-23-14-18-32(54)55)48-40(61)31-17-15-24-52(31)43(64)36(26(4)5)51-41(62)35(25(2)3)50-39(60)30(20-22-34(57)66-45(10,11)12)49-38(59)29(47-27(6)53)19-21-33(56)65-44(7,8)9/h25-26,28-31,35-36H,13-24H2,1-12H3,(H,46,63)(H,47,53)(H,48,61)(H,49,59)(H,50,60)(H,51,62)(H,54,55). The van der Waals surface area contributed by atoms with Crippen LogP contribution in [0.15, 0.2) is 0 Å². The minimum Gasteiger partial charge on any atom is -0.481 e. The van der Waals surface area contributed by atoms with Gasteiger partial charge in [0.1, 0.15) is 41.4 Å². The predicted octanol–water partition coefficient (Wildman–Crippen LogP) is 1.33. The van der Waals surface area contributed by atoms with Crippen LogP contribution in [0, 0.1) is 11.8 Å². The molecule has 1 heterocycles. The molecule has 66 heavy (non-hydrogen) atoms. The number of carbonyl (C=O) groups is 11. The smallest absolute Gasteiger partial charge is 0.306 e. The van der Waals surface area contributed by atoms with Crippen LogP contribution in [-0.4, -0.2) is 136 Å². The Balaban J connectivity index is 3.32. The third-order valence-electron chi connectivity index (χ3n) is 10.0. The maximum absolute atomic E-state index is 14.2.